The highest BCUT2D eigenvalue weighted by Crippen LogP contribution is 2.23. The second kappa shape index (κ2) is 7.72. The van der Waals surface area contributed by atoms with E-state index < -0.39 is 5.60 Å². The Kier molecular flexibility index (Phi) is 5.90. The lowest BCUT2D eigenvalue weighted by molar-refractivity contribution is 0.00688. The lowest BCUT2D eigenvalue weighted by Gasteiger charge is -2.20. The number of benzene rings is 1. The summed E-state index contributed by atoms with van der Waals surface area (Å²) >= 11 is 1.30. The van der Waals surface area contributed by atoms with Gasteiger partial charge in [0.25, 0.3) is 0 Å². The number of carbonyl (C=O) groups excluding carboxylic acids is 1. The molecular weight excluding hydrogens is 326 g/mol. The van der Waals surface area contributed by atoms with Crippen LogP contribution in [-0.2, 0) is 15.9 Å². The van der Waals surface area contributed by atoms with Gasteiger partial charge in [-0.2, -0.15) is 4.37 Å². The molecule has 0 amide bonds. The van der Waals surface area contributed by atoms with E-state index in [-0.39, 0.29) is 5.97 Å². The van der Waals surface area contributed by atoms with Gasteiger partial charge in [0, 0.05) is 30.8 Å². The molecule has 6 nitrogen and oxygen atoms in total. The van der Waals surface area contributed by atoms with Gasteiger partial charge in [0.15, 0.2) is 0 Å². The highest BCUT2D eigenvalue weighted by molar-refractivity contribution is 7.09. The summed E-state index contributed by atoms with van der Waals surface area (Å²) in [5, 5.41) is 3.92. The van der Waals surface area contributed by atoms with Crippen molar-refractivity contribution in [1.29, 1.82) is 0 Å². The van der Waals surface area contributed by atoms with Crippen molar-refractivity contribution in [2.45, 2.75) is 39.7 Å². The number of aromatic nitrogens is 2. The van der Waals surface area contributed by atoms with Gasteiger partial charge in [-0.25, -0.2) is 9.78 Å². The summed E-state index contributed by atoms with van der Waals surface area (Å²) < 4.78 is 14.7. The third-order valence-corrected chi connectivity index (χ3v) is 3.76. The largest absolute Gasteiger partial charge is 0.456 e. The first-order valence-corrected chi connectivity index (χ1v) is 8.48. The van der Waals surface area contributed by atoms with E-state index in [1.807, 2.05) is 39.8 Å². The van der Waals surface area contributed by atoms with Crippen LogP contribution in [0.25, 0.3) is 0 Å². The number of hydrogen-bond acceptors (Lipinski definition) is 7. The number of carbonyl (C=O) groups is 1. The van der Waals surface area contributed by atoms with Gasteiger partial charge >= 0.3 is 5.97 Å². The van der Waals surface area contributed by atoms with Crippen LogP contribution in [0.4, 0.5) is 10.8 Å². The fourth-order valence-corrected chi connectivity index (χ4v) is 2.66. The maximum absolute atomic E-state index is 12.2. The molecule has 0 atom stereocenters. The van der Waals surface area contributed by atoms with Crippen LogP contribution in [0.1, 0.15) is 42.5 Å². The Morgan fingerprint density at radius 1 is 1.33 bits per heavy atom. The minimum Gasteiger partial charge on any atom is -0.456 e. The maximum Gasteiger partial charge on any atom is 0.338 e. The molecule has 0 aliphatic rings. The average Bonchev–Trinajstić information content (AvgIpc) is 2.90. The molecule has 1 N–H and O–H groups in total. The van der Waals surface area contributed by atoms with Crippen molar-refractivity contribution >= 4 is 28.3 Å². The van der Waals surface area contributed by atoms with Crippen molar-refractivity contribution in [1.82, 2.24) is 9.36 Å². The van der Waals surface area contributed by atoms with E-state index in [2.05, 4.69) is 14.7 Å². The van der Waals surface area contributed by atoms with Crippen LogP contribution >= 0.6 is 11.5 Å². The molecule has 0 bridgehead atoms. The minimum atomic E-state index is -0.508. The van der Waals surface area contributed by atoms with E-state index in [0.717, 1.165) is 17.1 Å². The standard InChI is InChI=1S/C17H23N3O3S/c1-11-10-12(6-7-13(11)15(21)23-17(2,3)4)18-16-19-14(20-24-16)8-9-22-5/h6-7,10H,8-9H2,1-5H3,(H,18,19,20). The summed E-state index contributed by atoms with van der Waals surface area (Å²) in [6.07, 6.45) is 0.686. The van der Waals surface area contributed by atoms with E-state index >= 15 is 0 Å². The van der Waals surface area contributed by atoms with Crippen molar-refractivity contribution < 1.29 is 14.3 Å². The number of hydrogen-bond donors (Lipinski definition) is 1. The van der Waals surface area contributed by atoms with Crippen molar-refractivity contribution in [3.63, 3.8) is 0 Å². The third-order valence-electron chi connectivity index (χ3n) is 3.09. The zero-order chi connectivity index (χ0) is 17.7. The van der Waals surface area contributed by atoms with Crippen LogP contribution in [0.15, 0.2) is 18.2 Å². The predicted molar refractivity (Wildman–Crippen MR) is 95.1 cm³/mol. The zero-order valence-corrected chi connectivity index (χ0v) is 15.5. The SMILES string of the molecule is COCCc1nsc(Nc2ccc(C(=O)OC(C)(C)C)c(C)c2)n1. The summed E-state index contributed by atoms with van der Waals surface area (Å²) in [6, 6.07) is 5.50. The highest BCUT2D eigenvalue weighted by Gasteiger charge is 2.19. The number of methoxy groups -OCH3 is 1. The second-order valence-corrected chi connectivity index (χ2v) is 7.17. The van der Waals surface area contributed by atoms with Gasteiger partial charge in [-0.3, -0.25) is 0 Å². The smallest absolute Gasteiger partial charge is 0.338 e. The zero-order valence-electron chi connectivity index (χ0n) is 14.7. The molecule has 24 heavy (non-hydrogen) atoms. The molecule has 2 rings (SSSR count). The molecule has 0 unspecified atom stereocenters. The van der Waals surface area contributed by atoms with Gasteiger partial charge in [0.2, 0.25) is 5.13 Å². The first-order chi connectivity index (χ1) is 11.3. The lowest BCUT2D eigenvalue weighted by Crippen LogP contribution is -2.24. The second-order valence-electron chi connectivity index (χ2n) is 6.42. The molecule has 130 valence electrons. The van der Waals surface area contributed by atoms with Gasteiger partial charge in [-0.05, 0) is 51.5 Å². The number of ether oxygens (including phenoxy) is 2. The molecule has 0 fully saturated rings. The predicted octanol–water partition coefficient (Wildman–Crippen LogP) is 3.73. The highest BCUT2D eigenvalue weighted by atomic mass is 32.1. The average molecular weight is 349 g/mol. The van der Waals surface area contributed by atoms with E-state index in [1.54, 1.807) is 13.2 Å². The summed E-state index contributed by atoms with van der Waals surface area (Å²) in [4.78, 5) is 16.6. The van der Waals surface area contributed by atoms with Gasteiger partial charge in [-0.15, -0.1) is 0 Å². The first-order valence-electron chi connectivity index (χ1n) is 7.71. The van der Waals surface area contributed by atoms with Crippen LogP contribution in [-0.4, -0.2) is 34.6 Å². The van der Waals surface area contributed by atoms with E-state index in [0.29, 0.717) is 23.7 Å². The monoisotopic (exact) mass is 349 g/mol. The molecular formula is C17H23N3O3S. The molecule has 0 saturated carbocycles. The number of anilines is 2. The normalized spacial score (nSPS) is 11.4. The Bertz CT molecular complexity index is 707. The summed E-state index contributed by atoms with van der Waals surface area (Å²) in [5.41, 5.74) is 1.76. The summed E-state index contributed by atoms with van der Waals surface area (Å²) in [7, 11) is 1.65. The van der Waals surface area contributed by atoms with Crippen molar-refractivity contribution in [3.8, 4) is 0 Å². The van der Waals surface area contributed by atoms with Crippen molar-refractivity contribution in [3.05, 3.63) is 35.2 Å². The number of rotatable bonds is 6. The molecule has 0 spiro atoms. The van der Waals surface area contributed by atoms with E-state index in [4.69, 9.17) is 9.47 Å². The number of nitrogens with one attached hydrogen (secondary N) is 1. The van der Waals surface area contributed by atoms with Crippen molar-refractivity contribution in [2.24, 2.45) is 0 Å². The molecule has 0 saturated heterocycles. The van der Waals surface area contributed by atoms with Crippen molar-refractivity contribution in [2.75, 3.05) is 19.0 Å². The van der Waals surface area contributed by atoms with Crippen LogP contribution in [0.3, 0.4) is 0 Å². The number of aryl methyl sites for hydroxylation is 1. The maximum atomic E-state index is 12.2. The first kappa shape index (κ1) is 18.4. The Labute approximate surface area is 146 Å². The molecule has 1 aromatic heterocycles. The molecule has 0 aliphatic heterocycles. The molecule has 2 aromatic rings. The lowest BCUT2D eigenvalue weighted by atomic mass is 10.1. The molecule has 1 aromatic carbocycles. The molecule has 0 aliphatic carbocycles. The van der Waals surface area contributed by atoms with Crippen LogP contribution in [0.2, 0.25) is 0 Å². The Morgan fingerprint density at radius 3 is 2.71 bits per heavy atom. The summed E-state index contributed by atoms with van der Waals surface area (Å²) in [5.74, 6) is 0.441. The third kappa shape index (κ3) is 5.28. The van der Waals surface area contributed by atoms with Crippen LogP contribution < -0.4 is 5.32 Å². The topological polar surface area (TPSA) is 73.3 Å². The van der Waals surface area contributed by atoms with Gasteiger partial charge in [0.1, 0.15) is 11.4 Å². The fraction of sp³-hybridized carbons (Fsp3) is 0.471. The molecule has 7 heteroatoms. The minimum absolute atomic E-state index is 0.315. The van der Waals surface area contributed by atoms with Gasteiger partial charge < -0.3 is 14.8 Å². The van der Waals surface area contributed by atoms with E-state index in [1.165, 1.54) is 11.5 Å². The Morgan fingerprint density at radius 2 is 2.08 bits per heavy atom. The Balaban J connectivity index is 2.06. The van der Waals surface area contributed by atoms with Gasteiger partial charge in [0.05, 0.1) is 12.2 Å². The molecule has 0 radical (unpaired) electrons. The number of esters is 1. The Hall–Kier alpha value is -1.99. The number of nitrogens with zero attached hydrogens (tertiary/aromatic N) is 2. The van der Waals surface area contributed by atoms with Gasteiger partial charge in [-0.1, -0.05) is 0 Å². The van der Waals surface area contributed by atoms with Crippen LogP contribution in [0.5, 0.6) is 0 Å². The molecule has 1 heterocycles. The quantitative estimate of drug-likeness (QED) is 0.801. The van der Waals surface area contributed by atoms with Crippen LogP contribution in [0, 0.1) is 6.92 Å². The summed E-state index contributed by atoms with van der Waals surface area (Å²) in [6.45, 7) is 8.04. The fourth-order valence-electron chi connectivity index (χ4n) is 2.03. The van der Waals surface area contributed by atoms with E-state index in [9.17, 15) is 4.79 Å².